The highest BCUT2D eigenvalue weighted by Gasteiger charge is 2.42. The van der Waals surface area contributed by atoms with Crippen LogP contribution < -0.4 is 10.6 Å². The van der Waals surface area contributed by atoms with E-state index in [0.717, 1.165) is 36.8 Å². The van der Waals surface area contributed by atoms with Crippen molar-refractivity contribution in [3.8, 4) is 0 Å². The van der Waals surface area contributed by atoms with Crippen LogP contribution in [0.2, 0.25) is 0 Å². The lowest BCUT2D eigenvalue weighted by Gasteiger charge is -2.28. The Balaban J connectivity index is 1.50. The van der Waals surface area contributed by atoms with Crippen molar-refractivity contribution >= 4 is 23.2 Å². The minimum atomic E-state index is -0.577. The predicted molar refractivity (Wildman–Crippen MR) is 120 cm³/mol. The molecule has 1 aliphatic carbocycles. The Morgan fingerprint density at radius 2 is 1.48 bits per heavy atom. The minimum Gasteiger partial charge on any atom is -0.325 e. The van der Waals surface area contributed by atoms with Crippen molar-refractivity contribution in [2.24, 2.45) is 0 Å². The highest BCUT2D eigenvalue weighted by atomic mass is 19.1. The molecule has 0 aliphatic heterocycles. The number of hydrogen-bond acceptors (Lipinski definition) is 2. The van der Waals surface area contributed by atoms with Crippen LogP contribution in [0, 0.1) is 5.82 Å². The first kappa shape index (κ1) is 20.8. The first-order chi connectivity index (χ1) is 15.1. The van der Waals surface area contributed by atoms with E-state index < -0.39 is 11.2 Å². The SMILES string of the molecule is O=C(Cc1ccccc1)Nc1cc(NC(=O)C2(c3ccccc3)CCCC2)ccc1F. The van der Waals surface area contributed by atoms with Crippen molar-refractivity contribution in [1.29, 1.82) is 0 Å². The molecule has 158 valence electrons. The average Bonchev–Trinajstić information content (AvgIpc) is 3.29. The lowest BCUT2D eigenvalue weighted by Crippen LogP contribution is -2.38. The van der Waals surface area contributed by atoms with Gasteiger partial charge in [-0.1, -0.05) is 73.5 Å². The molecule has 0 bridgehead atoms. The number of amides is 2. The van der Waals surface area contributed by atoms with Crippen molar-refractivity contribution in [1.82, 2.24) is 0 Å². The van der Waals surface area contributed by atoms with E-state index in [2.05, 4.69) is 10.6 Å². The van der Waals surface area contributed by atoms with Crippen LogP contribution >= 0.6 is 0 Å². The van der Waals surface area contributed by atoms with E-state index in [1.54, 1.807) is 0 Å². The van der Waals surface area contributed by atoms with E-state index >= 15 is 0 Å². The molecule has 0 heterocycles. The number of nitrogens with one attached hydrogen (secondary N) is 2. The standard InChI is InChI=1S/C26H25FN2O2/c27-22-14-13-21(18-23(22)29-24(30)17-19-9-3-1-4-10-19)28-25(31)26(15-7-8-16-26)20-11-5-2-6-12-20/h1-6,9-14,18H,7-8,15-17H2,(H,28,31)(H,29,30). The summed E-state index contributed by atoms with van der Waals surface area (Å²) in [6.45, 7) is 0. The normalized spacial score (nSPS) is 14.7. The molecule has 0 saturated heterocycles. The molecule has 0 atom stereocenters. The Morgan fingerprint density at radius 1 is 0.839 bits per heavy atom. The summed E-state index contributed by atoms with van der Waals surface area (Å²) in [6.07, 6.45) is 3.70. The number of rotatable bonds is 6. The third-order valence-electron chi connectivity index (χ3n) is 5.92. The van der Waals surface area contributed by atoms with Crippen molar-refractivity contribution < 1.29 is 14.0 Å². The maximum atomic E-state index is 14.3. The molecule has 3 aromatic carbocycles. The largest absolute Gasteiger partial charge is 0.325 e. The van der Waals surface area contributed by atoms with E-state index in [1.807, 2.05) is 60.7 Å². The third-order valence-corrected chi connectivity index (χ3v) is 5.92. The summed E-state index contributed by atoms with van der Waals surface area (Å²) in [4.78, 5) is 25.7. The van der Waals surface area contributed by atoms with Crippen LogP contribution in [0.4, 0.5) is 15.8 Å². The van der Waals surface area contributed by atoms with E-state index in [-0.39, 0.29) is 23.9 Å². The number of anilines is 2. The van der Waals surface area contributed by atoms with Crippen molar-refractivity contribution in [3.63, 3.8) is 0 Å². The van der Waals surface area contributed by atoms with Crippen LogP contribution in [0.25, 0.3) is 0 Å². The fraction of sp³-hybridized carbons (Fsp3) is 0.231. The third kappa shape index (κ3) is 4.66. The van der Waals surface area contributed by atoms with Crippen molar-refractivity contribution in [2.75, 3.05) is 10.6 Å². The van der Waals surface area contributed by atoms with Crippen LogP contribution in [0.15, 0.2) is 78.9 Å². The maximum absolute atomic E-state index is 14.3. The molecule has 0 radical (unpaired) electrons. The van der Waals surface area contributed by atoms with Crippen molar-refractivity contribution in [3.05, 3.63) is 95.8 Å². The van der Waals surface area contributed by atoms with Gasteiger partial charge in [0.15, 0.2) is 0 Å². The smallest absolute Gasteiger partial charge is 0.235 e. The number of halogens is 1. The monoisotopic (exact) mass is 416 g/mol. The first-order valence-electron chi connectivity index (χ1n) is 10.6. The van der Waals surface area contributed by atoms with E-state index in [0.29, 0.717) is 5.69 Å². The van der Waals surface area contributed by atoms with Gasteiger partial charge in [0.05, 0.1) is 17.5 Å². The van der Waals surface area contributed by atoms with Crippen LogP contribution in [0.5, 0.6) is 0 Å². The molecule has 0 aromatic heterocycles. The van der Waals surface area contributed by atoms with Gasteiger partial charge in [0, 0.05) is 5.69 Å². The number of hydrogen-bond donors (Lipinski definition) is 2. The molecule has 2 amide bonds. The average molecular weight is 416 g/mol. The number of carbonyl (C=O) groups is 2. The Morgan fingerprint density at radius 3 is 2.16 bits per heavy atom. The Kier molecular flexibility index (Phi) is 6.12. The molecule has 1 fully saturated rings. The zero-order valence-electron chi connectivity index (χ0n) is 17.2. The molecule has 3 aromatic rings. The fourth-order valence-electron chi connectivity index (χ4n) is 4.31. The highest BCUT2D eigenvalue weighted by Crippen LogP contribution is 2.42. The Labute approximate surface area is 181 Å². The van der Waals surface area contributed by atoms with Gasteiger partial charge in [-0.2, -0.15) is 0 Å². The summed E-state index contributed by atoms with van der Waals surface area (Å²) in [7, 11) is 0. The van der Waals surface area contributed by atoms with Gasteiger partial charge in [0.1, 0.15) is 5.82 Å². The molecule has 0 unspecified atom stereocenters. The van der Waals surface area contributed by atoms with Crippen LogP contribution in [0.1, 0.15) is 36.8 Å². The highest BCUT2D eigenvalue weighted by molar-refractivity contribution is 6.00. The van der Waals surface area contributed by atoms with Gasteiger partial charge in [0.25, 0.3) is 0 Å². The fourth-order valence-corrected chi connectivity index (χ4v) is 4.31. The molecule has 1 aliphatic rings. The zero-order valence-corrected chi connectivity index (χ0v) is 17.2. The molecular weight excluding hydrogens is 391 g/mol. The topological polar surface area (TPSA) is 58.2 Å². The summed E-state index contributed by atoms with van der Waals surface area (Å²) in [5, 5.41) is 5.57. The first-order valence-corrected chi connectivity index (χ1v) is 10.6. The van der Waals surface area contributed by atoms with Gasteiger partial charge in [-0.25, -0.2) is 4.39 Å². The van der Waals surface area contributed by atoms with Crippen LogP contribution in [-0.2, 0) is 21.4 Å². The van der Waals surface area contributed by atoms with Gasteiger partial charge in [0.2, 0.25) is 11.8 Å². The van der Waals surface area contributed by atoms with Gasteiger partial charge in [-0.15, -0.1) is 0 Å². The summed E-state index contributed by atoms with van der Waals surface area (Å²) in [5.74, 6) is -0.951. The summed E-state index contributed by atoms with van der Waals surface area (Å²) >= 11 is 0. The summed E-state index contributed by atoms with van der Waals surface area (Å²) in [6, 6.07) is 23.3. The minimum absolute atomic E-state index is 0.0546. The van der Waals surface area contributed by atoms with Gasteiger partial charge in [-0.05, 0) is 42.2 Å². The van der Waals surface area contributed by atoms with Crippen LogP contribution in [0.3, 0.4) is 0 Å². The lowest BCUT2D eigenvalue weighted by molar-refractivity contribution is -0.121. The second-order valence-corrected chi connectivity index (χ2v) is 8.01. The zero-order chi connectivity index (χ0) is 21.7. The summed E-state index contributed by atoms with van der Waals surface area (Å²) in [5.41, 5.74) is 1.79. The Bertz CT molecular complexity index is 1060. The lowest BCUT2D eigenvalue weighted by atomic mass is 9.78. The molecule has 2 N–H and O–H groups in total. The Hall–Kier alpha value is -3.47. The van der Waals surface area contributed by atoms with Crippen molar-refractivity contribution in [2.45, 2.75) is 37.5 Å². The van der Waals surface area contributed by atoms with Gasteiger partial charge < -0.3 is 10.6 Å². The van der Waals surface area contributed by atoms with E-state index in [4.69, 9.17) is 0 Å². The second kappa shape index (κ2) is 9.13. The van der Waals surface area contributed by atoms with Crippen LogP contribution in [-0.4, -0.2) is 11.8 Å². The van der Waals surface area contributed by atoms with Gasteiger partial charge in [-0.3, -0.25) is 9.59 Å². The molecular formula is C26H25FN2O2. The molecule has 4 rings (SSSR count). The second-order valence-electron chi connectivity index (χ2n) is 8.01. The summed E-state index contributed by atoms with van der Waals surface area (Å²) < 4.78 is 14.3. The quantitative estimate of drug-likeness (QED) is 0.561. The number of carbonyl (C=O) groups excluding carboxylic acids is 2. The molecule has 5 heteroatoms. The molecule has 31 heavy (non-hydrogen) atoms. The predicted octanol–water partition coefficient (Wildman–Crippen LogP) is 5.46. The molecule has 1 saturated carbocycles. The maximum Gasteiger partial charge on any atom is 0.235 e. The molecule has 4 nitrogen and oxygen atoms in total. The molecule has 0 spiro atoms. The van der Waals surface area contributed by atoms with E-state index in [1.165, 1.54) is 18.2 Å². The van der Waals surface area contributed by atoms with E-state index in [9.17, 15) is 14.0 Å². The number of benzene rings is 3. The van der Waals surface area contributed by atoms with Gasteiger partial charge >= 0.3 is 0 Å².